The zero-order chi connectivity index (χ0) is 21.0. The molecule has 0 radical (unpaired) electrons. The molecule has 7 heteroatoms. The van der Waals surface area contributed by atoms with Crippen molar-refractivity contribution in [2.24, 2.45) is 0 Å². The van der Waals surface area contributed by atoms with Crippen molar-refractivity contribution in [3.8, 4) is 17.1 Å². The lowest BCUT2D eigenvalue weighted by molar-refractivity contribution is -0.139. The molecule has 0 N–H and O–H groups in total. The summed E-state index contributed by atoms with van der Waals surface area (Å²) < 4.78 is 12.2. The van der Waals surface area contributed by atoms with Crippen LogP contribution in [0, 0.1) is 10.5 Å². The molecule has 0 atom stereocenters. The maximum atomic E-state index is 12.9. The highest BCUT2D eigenvalue weighted by Crippen LogP contribution is 2.21. The van der Waals surface area contributed by atoms with Crippen LogP contribution in [-0.2, 0) is 11.3 Å². The van der Waals surface area contributed by atoms with Crippen molar-refractivity contribution in [2.75, 3.05) is 6.61 Å². The highest BCUT2D eigenvalue weighted by molar-refractivity contribution is 14.1. The molecular formula is C22H24IN3O3. The number of aryl methyl sites for hydroxylation is 1. The van der Waals surface area contributed by atoms with Crippen molar-refractivity contribution in [2.45, 2.75) is 39.8 Å². The van der Waals surface area contributed by atoms with Crippen molar-refractivity contribution in [1.29, 1.82) is 0 Å². The first-order chi connectivity index (χ1) is 13.7. The predicted molar refractivity (Wildman–Crippen MR) is 119 cm³/mol. The quantitative estimate of drug-likeness (QED) is 0.448. The summed E-state index contributed by atoms with van der Waals surface area (Å²) in [5.74, 6) is 1.41. The minimum atomic E-state index is -0.426. The first-order valence-electron chi connectivity index (χ1n) is 9.31. The second-order valence-corrected chi connectivity index (χ2v) is 9.02. The number of benzene rings is 2. The van der Waals surface area contributed by atoms with E-state index >= 15 is 0 Å². The molecule has 0 unspecified atom stereocenters. The maximum absolute atomic E-state index is 12.9. The van der Waals surface area contributed by atoms with Crippen molar-refractivity contribution < 1.29 is 14.1 Å². The standard InChI is InChI=1S/C22H24IN3O3/c1-15-5-7-16(8-6-15)21-24-19(29-25-21)13-26(22(2,3)4)20(27)14-28-18-11-9-17(23)10-12-18/h5-12H,13-14H2,1-4H3. The van der Waals surface area contributed by atoms with Crippen LogP contribution < -0.4 is 4.74 Å². The van der Waals surface area contributed by atoms with E-state index in [9.17, 15) is 4.79 Å². The molecule has 0 aliphatic carbocycles. The monoisotopic (exact) mass is 505 g/mol. The van der Waals surface area contributed by atoms with Gasteiger partial charge in [-0.2, -0.15) is 4.98 Å². The van der Waals surface area contributed by atoms with Crippen LogP contribution in [0.4, 0.5) is 0 Å². The molecule has 0 aliphatic heterocycles. The molecule has 152 valence electrons. The molecule has 1 heterocycles. The molecule has 0 fully saturated rings. The number of nitrogens with zero attached hydrogens (tertiary/aromatic N) is 3. The summed E-state index contributed by atoms with van der Waals surface area (Å²) in [6, 6.07) is 15.5. The van der Waals surface area contributed by atoms with Crippen LogP contribution in [-0.4, -0.2) is 33.1 Å². The average Bonchev–Trinajstić information content (AvgIpc) is 3.14. The number of hydrogen-bond donors (Lipinski definition) is 0. The van der Waals surface area contributed by atoms with Gasteiger partial charge in [-0.15, -0.1) is 0 Å². The van der Waals surface area contributed by atoms with Gasteiger partial charge in [0.15, 0.2) is 6.61 Å². The number of hydrogen-bond acceptors (Lipinski definition) is 5. The maximum Gasteiger partial charge on any atom is 0.261 e. The van der Waals surface area contributed by atoms with Gasteiger partial charge in [-0.25, -0.2) is 0 Å². The summed E-state index contributed by atoms with van der Waals surface area (Å²) >= 11 is 2.23. The van der Waals surface area contributed by atoms with E-state index in [2.05, 4.69) is 32.7 Å². The number of carbonyl (C=O) groups is 1. The van der Waals surface area contributed by atoms with Crippen LogP contribution in [0.25, 0.3) is 11.4 Å². The molecule has 0 aliphatic rings. The van der Waals surface area contributed by atoms with Gasteiger partial charge < -0.3 is 14.2 Å². The Bertz CT molecular complexity index is 960. The number of aromatic nitrogens is 2. The van der Waals surface area contributed by atoms with E-state index in [1.54, 1.807) is 4.90 Å². The van der Waals surface area contributed by atoms with Crippen LogP contribution in [0.5, 0.6) is 5.75 Å². The predicted octanol–water partition coefficient (Wildman–Crippen LogP) is 4.86. The molecule has 1 aromatic heterocycles. The SMILES string of the molecule is Cc1ccc(-c2noc(CN(C(=O)COc3ccc(I)cc3)C(C)(C)C)n2)cc1. The second-order valence-electron chi connectivity index (χ2n) is 7.77. The van der Waals surface area contributed by atoms with Crippen LogP contribution >= 0.6 is 22.6 Å². The zero-order valence-electron chi connectivity index (χ0n) is 17.0. The van der Waals surface area contributed by atoms with E-state index in [0.29, 0.717) is 17.5 Å². The van der Waals surface area contributed by atoms with Gasteiger partial charge in [0, 0.05) is 14.7 Å². The Morgan fingerprint density at radius 3 is 2.38 bits per heavy atom. The van der Waals surface area contributed by atoms with E-state index in [1.165, 1.54) is 0 Å². The Hall–Kier alpha value is -2.42. The molecule has 3 aromatic rings. The van der Waals surface area contributed by atoms with E-state index in [4.69, 9.17) is 9.26 Å². The number of carbonyl (C=O) groups excluding carboxylic acids is 1. The zero-order valence-corrected chi connectivity index (χ0v) is 19.1. The first-order valence-corrected chi connectivity index (χ1v) is 10.4. The Morgan fingerprint density at radius 1 is 1.10 bits per heavy atom. The molecule has 0 saturated carbocycles. The third-order valence-electron chi connectivity index (χ3n) is 4.36. The first kappa shape index (κ1) is 21.3. The summed E-state index contributed by atoms with van der Waals surface area (Å²) in [6.07, 6.45) is 0. The van der Waals surface area contributed by atoms with Crippen LogP contribution in [0.2, 0.25) is 0 Å². The van der Waals surface area contributed by atoms with Crippen LogP contribution in [0.1, 0.15) is 32.2 Å². The van der Waals surface area contributed by atoms with E-state index in [-0.39, 0.29) is 19.1 Å². The highest BCUT2D eigenvalue weighted by Gasteiger charge is 2.29. The third kappa shape index (κ3) is 5.79. The number of ether oxygens (including phenoxy) is 1. The Kier molecular flexibility index (Phi) is 6.56. The normalized spacial score (nSPS) is 11.3. The lowest BCUT2D eigenvalue weighted by Crippen LogP contribution is -2.47. The van der Waals surface area contributed by atoms with Gasteiger partial charge in [0.25, 0.3) is 5.91 Å². The summed E-state index contributed by atoms with van der Waals surface area (Å²) in [4.78, 5) is 19.0. The Labute approximate surface area is 184 Å². The molecule has 6 nitrogen and oxygen atoms in total. The number of rotatable bonds is 6. The third-order valence-corrected chi connectivity index (χ3v) is 5.08. The van der Waals surface area contributed by atoms with Gasteiger partial charge in [0.2, 0.25) is 11.7 Å². The van der Waals surface area contributed by atoms with Crippen molar-refractivity contribution in [3.63, 3.8) is 0 Å². The number of amides is 1. The highest BCUT2D eigenvalue weighted by atomic mass is 127. The van der Waals surface area contributed by atoms with Gasteiger partial charge in [-0.05, 0) is 74.6 Å². The van der Waals surface area contributed by atoms with E-state index < -0.39 is 5.54 Å². The molecule has 0 bridgehead atoms. The number of halogens is 1. The fraction of sp³-hybridized carbons (Fsp3) is 0.318. The molecule has 29 heavy (non-hydrogen) atoms. The fourth-order valence-corrected chi connectivity index (χ4v) is 3.09. The average molecular weight is 505 g/mol. The van der Waals surface area contributed by atoms with Crippen LogP contribution in [0.15, 0.2) is 53.1 Å². The van der Waals surface area contributed by atoms with Gasteiger partial charge in [0.05, 0.1) is 0 Å². The Balaban J connectivity index is 1.70. The molecule has 1 amide bonds. The smallest absolute Gasteiger partial charge is 0.261 e. The molecule has 0 spiro atoms. The molecular weight excluding hydrogens is 481 g/mol. The molecule has 3 rings (SSSR count). The largest absolute Gasteiger partial charge is 0.484 e. The van der Waals surface area contributed by atoms with Crippen molar-refractivity contribution in [1.82, 2.24) is 15.0 Å². The summed E-state index contributed by atoms with van der Waals surface area (Å²) in [5, 5.41) is 4.06. The van der Waals surface area contributed by atoms with E-state index in [1.807, 2.05) is 76.2 Å². The van der Waals surface area contributed by atoms with Gasteiger partial charge in [-0.1, -0.05) is 35.0 Å². The van der Waals surface area contributed by atoms with Crippen molar-refractivity contribution in [3.05, 3.63) is 63.6 Å². The topological polar surface area (TPSA) is 68.5 Å². The molecule has 0 saturated heterocycles. The molecule has 2 aromatic carbocycles. The van der Waals surface area contributed by atoms with Gasteiger partial charge in [0.1, 0.15) is 12.3 Å². The van der Waals surface area contributed by atoms with Gasteiger partial charge >= 0.3 is 0 Å². The summed E-state index contributed by atoms with van der Waals surface area (Å²) in [6.45, 7) is 8.08. The summed E-state index contributed by atoms with van der Waals surface area (Å²) in [5.41, 5.74) is 1.61. The van der Waals surface area contributed by atoms with Gasteiger partial charge in [-0.3, -0.25) is 4.79 Å². The Morgan fingerprint density at radius 2 is 1.76 bits per heavy atom. The lowest BCUT2D eigenvalue weighted by atomic mass is 10.1. The minimum absolute atomic E-state index is 0.0587. The van der Waals surface area contributed by atoms with E-state index in [0.717, 1.165) is 14.7 Å². The van der Waals surface area contributed by atoms with Crippen LogP contribution in [0.3, 0.4) is 0 Å². The summed E-state index contributed by atoms with van der Waals surface area (Å²) in [7, 11) is 0. The minimum Gasteiger partial charge on any atom is -0.484 e. The second kappa shape index (κ2) is 8.94. The van der Waals surface area contributed by atoms with Crippen molar-refractivity contribution >= 4 is 28.5 Å². The fourth-order valence-electron chi connectivity index (χ4n) is 2.73. The lowest BCUT2D eigenvalue weighted by Gasteiger charge is -2.34.